The van der Waals surface area contributed by atoms with E-state index in [4.69, 9.17) is 9.47 Å². The van der Waals surface area contributed by atoms with E-state index in [2.05, 4.69) is 5.32 Å². The quantitative estimate of drug-likeness (QED) is 0.451. The summed E-state index contributed by atoms with van der Waals surface area (Å²) < 4.78 is 37.8. The molecule has 0 radical (unpaired) electrons. The Labute approximate surface area is 231 Å². The van der Waals surface area contributed by atoms with Gasteiger partial charge in [-0.25, -0.2) is 8.42 Å². The largest absolute Gasteiger partial charge is 0.486 e. The first-order chi connectivity index (χ1) is 18.6. The molecule has 2 aliphatic rings. The summed E-state index contributed by atoms with van der Waals surface area (Å²) in [7, 11) is -3.61. The minimum absolute atomic E-state index is 0.101. The van der Waals surface area contributed by atoms with Gasteiger partial charge in [0.1, 0.15) is 19.3 Å². The summed E-state index contributed by atoms with van der Waals surface area (Å²) in [5.41, 5.74) is 2.47. The van der Waals surface area contributed by atoms with E-state index in [1.165, 1.54) is 4.31 Å². The molecule has 0 unspecified atom stereocenters. The van der Waals surface area contributed by atoms with E-state index in [0.717, 1.165) is 43.1 Å². The molecule has 212 valence electrons. The van der Waals surface area contributed by atoms with Crippen LogP contribution < -0.4 is 19.1 Å². The predicted molar refractivity (Wildman–Crippen MR) is 150 cm³/mol. The maximum atomic E-state index is 13.5. The van der Waals surface area contributed by atoms with Crippen LogP contribution in [0.2, 0.25) is 0 Å². The maximum Gasteiger partial charge on any atom is 0.242 e. The van der Waals surface area contributed by atoms with Crippen molar-refractivity contribution in [2.75, 3.05) is 30.3 Å². The maximum absolute atomic E-state index is 13.5. The summed E-state index contributed by atoms with van der Waals surface area (Å²) >= 11 is 0. The van der Waals surface area contributed by atoms with Crippen LogP contribution in [0.3, 0.4) is 0 Å². The first-order valence-corrected chi connectivity index (χ1v) is 15.5. The van der Waals surface area contributed by atoms with Gasteiger partial charge in [0.05, 0.1) is 11.9 Å². The molecule has 2 amide bonds. The molecule has 0 bridgehead atoms. The molecule has 9 nitrogen and oxygen atoms in total. The Kier molecular flexibility index (Phi) is 9.37. The Balaban J connectivity index is 1.46. The molecular formula is C29H39N3O6S. The third kappa shape index (κ3) is 7.44. The van der Waals surface area contributed by atoms with Crippen molar-refractivity contribution < 1.29 is 27.5 Å². The SMILES string of the molecule is Cc1ccccc1CN(C(=O)CCCN(c1ccc2c(c1)OCCO2)S(C)(=O)=O)[C@H](C)C(=O)NC1CCCC1. The number of rotatable bonds is 11. The van der Waals surface area contributed by atoms with E-state index in [1.807, 2.05) is 31.2 Å². The lowest BCUT2D eigenvalue weighted by molar-refractivity contribution is -0.141. The van der Waals surface area contributed by atoms with Gasteiger partial charge in [-0.15, -0.1) is 0 Å². The molecule has 1 heterocycles. The first-order valence-electron chi connectivity index (χ1n) is 13.6. The second-order valence-corrected chi connectivity index (χ2v) is 12.3. The fourth-order valence-electron chi connectivity index (χ4n) is 5.14. The van der Waals surface area contributed by atoms with Crippen molar-refractivity contribution >= 4 is 27.5 Å². The fourth-order valence-corrected chi connectivity index (χ4v) is 6.09. The Morgan fingerprint density at radius 1 is 1.05 bits per heavy atom. The molecule has 1 saturated carbocycles. The number of ether oxygens (including phenoxy) is 2. The molecule has 2 aromatic rings. The molecule has 10 heteroatoms. The molecule has 1 fully saturated rings. The van der Waals surface area contributed by atoms with Crippen LogP contribution in [0.15, 0.2) is 42.5 Å². The van der Waals surface area contributed by atoms with Gasteiger partial charge in [0.15, 0.2) is 11.5 Å². The van der Waals surface area contributed by atoms with Crippen molar-refractivity contribution in [3.63, 3.8) is 0 Å². The van der Waals surface area contributed by atoms with Gasteiger partial charge < -0.3 is 19.7 Å². The van der Waals surface area contributed by atoms with Crippen molar-refractivity contribution in [3.05, 3.63) is 53.6 Å². The average Bonchev–Trinajstić information content (AvgIpc) is 3.42. The number of amides is 2. The van der Waals surface area contributed by atoms with Gasteiger partial charge in [0.2, 0.25) is 21.8 Å². The van der Waals surface area contributed by atoms with E-state index < -0.39 is 16.1 Å². The lowest BCUT2D eigenvalue weighted by atomic mass is 10.1. The van der Waals surface area contributed by atoms with Crippen LogP contribution in [0.25, 0.3) is 0 Å². The number of anilines is 1. The molecular weight excluding hydrogens is 518 g/mol. The summed E-state index contributed by atoms with van der Waals surface area (Å²) in [4.78, 5) is 28.3. The zero-order chi connectivity index (χ0) is 28.0. The molecule has 1 atom stereocenters. The standard InChI is InChI=1S/C29H39N3O6S/c1-21-9-4-5-10-23(21)20-31(22(2)29(34)30-24-11-6-7-12-24)28(33)13-8-16-32(39(3,35)36)25-14-15-26-27(19-25)38-18-17-37-26/h4-5,9-10,14-15,19,22,24H,6-8,11-13,16-18,20H2,1-3H3,(H,30,34)/t22-/m1/s1. The monoisotopic (exact) mass is 557 g/mol. The van der Waals surface area contributed by atoms with Gasteiger partial charge in [-0.3, -0.25) is 13.9 Å². The Morgan fingerprint density at radius 2 is 1.74 bits per heavy atom. The molecule has 2 aromatic carbocycles. The normalized spacial score (nSPS) is 16.0. The highest BCUT2D eigenvalue weighted by atomic mass is 32.2. The van der Waals surface area contributed by atoms with E-state index in [0.29, 0.717) is 43.4 Å². The van der Waals surface area contributed by atoms with Gasteiger partial charge in [0, 0.05) is 31.6 Å². The average molecular weight is 558 g/mol. The summed E-state index contributed by atoms with van der Waals surface area (Å²) in [5, 5.41) is 3.11. The van der Waals surface area contributed by atoms with Crippen molar-refractivity contribution in [1.82, 2.24) is 10.2 Å². The van der Waals surface area contributed by atoms with Gasteiger partial charge in [0.25, 0.3) is 0 Å². The second kappa shape index (κ2) is 12.7. The second-order valence-electron chi connectivity index (χ2n) is 10.4. The smallest absolute Gasteiger partial charge is 0.242 e. The molecule has 1 aliphatic heterocycles. The van der Waals surface area contributed by atoms with Crippen LogP contribution in [0.4, 0.5) is 5.69 Å². The van der Waals surface area contributed by atoms with Crippen molar-refractivity contribution in [1.29, 1.82) is 0 Å². The Morgan fingerprint density at radius 3 is 2.44 bits per heavy atom. The lowest BCUT2D eigenvalue weighted by Crippen LogP contribution is -2.49. The summed E-state index contributed by atoms with van der Waals surface area (Å²) in [6.45, 7) is 5.01. The third-order valence-electron chi connectivity index (χ3n) is 7.44. The zero-order valence-electron chi connectivity index (χ0n) is 23.0. The fraction of sp³-hybridized carbons (Fsp3) is 0.517. The topological polar surface area (TPSA) is 105 Å². The van der Waals surface area contributed by atoms with Crippen LogP contribution in [-0.4, -0.2) is 63.2 Å². The summed E-state index contributed by atoms with van der Waals surface area (Å²) in [6.07, 6.45) is 5.67. The molecule has 0 spiro atoms. The van der Waals surface area contributed by atoms with Gasteiger partial charge >= 0.3 is 0 Å². The highest BCUT2D eigenvalue weighted by Crippen LogP contribution is 2.34. The molecule has 1 aliphatic carbocycles. The number of carbonyl (C=O) groups excluding carboxylic acids is 2. The lowest BCUT2D eigenvalue weighted by Gasteiger charge is -2.31. The number of fused-ring (bicyclic) bond motifs is 1. The number of hydrogen-bond donors (Lipinski definition) is 1. The highest BCUT2D eigenvalue weighted by Gasteiger charge is 2.29. The van der Waals surface area contributed by atoms with Crippen LogP contribution >= 0.6 is 0 Å². The minimum Gasteiger partial charge on any atom is -0.486 e. The molecule has 1 N–H and O–H groups in total. The molecule has 39 heavy (non-hydrogen) atoms. The Bertz CT molecular complexity index is 1280. The number of aryl methyl sites for hydroxylation is 1. The first kappa shape index (κ1) is 28.7. The minimum atomic E-state index is -3.61. The molecule has 0 saturated heterocycles. The number of sulfonamides is 1. The van der Waals surface area contributed by atoms with Crippen LogP contribution in [-0.2, 0) is 26.2 Å². The Hall–Kier alpha value is -3.27. The van der Waals surface area contributed by atoms with Gasteiger partial charge in [-0.2, -0.15) is 0 Å². The third-order valence-corrected chi connectivity index (χ3v) is 8.63. The zero-order valence-corrected chi connectivity index (χ0v) is 23.8. The predicted octanol–water partition coefficient (Wildman–Crippen LogP) is 3.79. The number of hydrogen-bond acceptors (Lipinski definition) is 6. The van der Waals surface area contributed by atoms with E-state index in [1.54, 1.807) is 30.0 Å². The number of nitrogens with zero attached hydrogens (tertiary/aromatic N) is 2. The molecule has 0 aromatic heterocycles. The van der Waals surface area contributed by atoms with Crippen molar-refractivity contribution in [2.24, 2.45) is 0 Å². The number of nitrogens with one attached hydrogen (secondary N) is 1. The van der Waals surface area contributed by atoms with Gasteiger partial charge in [-0.05, 0) is 56.4 Å². The number of carbonyl (C=O) groups is 2. The van der Waals surface area contributed by atoms with E-state index in [-0.39, 0.29) is 30.8 Å². The van der Waals surface area contributed by atoms with E-state index in [9.17, 15) is 18.0 Å². The van der Waals surface area contributed by atoms with Gasteiger partial charge in [-0.1, -0.05) is 37.1 Å². The van der Waals surface area contributed by atoms with E-state index >= 15 is 0 Å². The van der Waals surface area contributed by atoms with Crippen molar-refractivity contribution in [2.45, 2.75) is 71.0 Å². The van der Waals surface area contributed by atoms with Crippen molar-refractivity contribution in [3.8, 4) is 11.5 Å². The summed E-state index contributed by atoms with van der Waals surface area (Å²) in [6, 6.07) is 12.3. The van der Waals surface area contributed by atoms with Crippen LogP contribution in [0.5, 0.6) is 11.5 Å². The summed E-state index contributed by atoms with van der Waals surface area (Å²) in [5.74, 6) is 0.723. The van der Waals surface area contributed by atoms with Crippen LogP contribution in [0, 0.1) is 6.92 Å². The van der Waals surface area contributed by atoms with Crippen LogP contribution in [0.1, 0.15) is 56.6 Å². The highest BCUT2D eigenvalue weighted by molar-refractivity contribution is 7.92. The number of benzene rings is 2. The molecule has 4 rings (SSSR count).